The lowest BCUT2D eigenvalue weighted by Gasteiger charge is -2.28. The Labute approximate surface area is 366 Å². The maximum Gasteiger partial charge on any atom is 0.143 e. The molecule has 0 atom stereocenters. The van der Waals surface area contributed by atoms with Crippen molar-refractivity contribution >= 4 is 60.8 Å². The lowest BCUT2D eigenvalue weighted by molar-refractivity contribution is 0.671. The molecule has 0 saturated carbocycles. The van der Waals surface area contributed by atoms with Gasteiger partial charge in [0.05, 0.1) is 22.4 Å². The molecule has 0 saturated heterocycles. The highest BCUT2D eigenvalue weighted by atomic mass is 16.3. The van der Waals surface area contributed by atoms with Crippen LogP contribution in [-0.4, -0.2) is 4.57 Å². The van der Waals surface area contributed by atoms with Gasteiger partial charge in [-0.1, -0.05) is 194 Å². The van der Waals surface area contributed by atoms with Crippen molar-refractivity contribution in [3.63, 3.8) is 0 Å². The molecule has 0 unspecified atom stereocenters. The molecule has 12 rings (SSSR count). The van der Waals surface area contributed by atoms with Gasteiger partial charge in [-0.15, -0.1) is 0 Å². The van der Waals surface area contributed by atoms with E-state index in [1.165, 1.54) is 38.5 Å². The smallest absolute Gasteiger partial charge is 0.143 e. The van der Waals surface area contributed by atoms with Crippen molar-refractivity contribution < 1.29 is 4.42 Å². The predicted molar refractivity (Wildman–Crippen MR) is 264 cm³/mol. The summed E-state index contributed by atoms with van der Waals surface area (Å²) >= 11 is 0. The molecule has 0 amide bonds. The fourth-order valence-electron chi connectivity index (χ4n) is 9.52. The van der Waals surface area contributed by atoms with Gasteiger partial charge in [-0.05, 0) is 70.8 Å². The van der Waals surface area contributed by atoms with Gasteiger partial charge in [0.2, 0.25) is 0 Å². The molecule has 0 bridgehead atoms. The average molecular weight is 805 g/mol. The monoisotopic (exact) mass is 804 g/mol. The Morgan fingerprint density at radius 2 is 0.714 bits per heavy atom. The number of rotatable bonds is 8. The number of hydrogen-bond donors (Lipinski definition) is 0. The van der Waals surface area contributed by atoms with Gasteiger partial charge in [0.15, 0.2) is 0 Å². The zero-order chi connectivity index (χ0) is 41.7. The lowest BCUT2D eigenvalue weighted by Crippen LogP contribution is -2.11. The van der Waals surface area contributed by atoms with Crippen LogP contribution in [0.15, 0.2) is 247 Å². The molecule has 0 spiro atoms. The van der Waals surface area contributed by atoms with E-state index in [2.05, 4.69) is 252 Å². The summed E-state index contributed by atoms with van der Waals surface area (Å²) in [5.74, 6) is 0. The van der Waals surface area contributed by atoms with Crippen molar-refractivity contribution in [2.75, 3.05) is 4.90 Å². The Morgan fingerprint density at radius 3 is 1.37 bits per heavy atom. The lowest BCUT2D eigenvalue weighted by atomic mass is 9.98. The molecule has 3 heteroatoms. The van der Waals surface area contributed by atoms with E-state index in [4.69, 9.17) is 4.42 Å². The Hall–Kier alpha value is -8.40. The third-order valence-electron chi connectivity index (χ3n) is 12.4. The minimum absolute atomic E-state index is 0.875. The Balaban J connectivity index is 1.01. The van der Waals surface area contributed by atoms with Crippen LogP contribution in [0.25, 0.3) is 93.9 Å². The van der Waals surface area contributed by atoms with E-state index < -0.39 is 0 Å². The van der Waals surface area contributed by atoms with Gasteiger partial charge in [-0.2, -0.15) is 0 Å². The van der Waals surface area contributed by atoms with Crippen LogP contribution in [0, 0.1) is 0 Å². The largest absolute Gasteiger partial charge is 0.455 e. The second kappa shape index (κ2) is 15.3. The zero-order valence-corrected chi connectivity index (χ0v) is 34.4. The minimum atomic E-state index is 0.875. The van der Waals surface area contributed by atoms with E-state index in [9.17, 15) is 0 Å². The van der Waals surface area contributed by atoms with Crippen molar-refractivity contribution in [2.24, 2.45) is 0 Å². The van der Waals surface area contributed by atoms with Gasteiger partial charge in [0, 0.05) is 55.2 Å². The second-order valence-electron chi connectivity index (χ2n) is 16.0. The van der Waals surface area contributed by atoms with E-state index in [-0.39, 0.29) is 0 Å². The first-order valence-corrected chi connectivity index (χ1v) is 21.5. The molecule has 3 nitrogen and oxygen atoms in total. The van der Waals surface area contributed by atoms with Crippen LogP contribution < -0.4 is 4.90 Å². The maximum atomic E-state index is 6.97. The van der Waals surface area contributed by atoms with Crippen LogP contribution in [0.5, 0.6) is 0 Å². The predicted octanol–water partition coefficient (Wildman–Crippen LogP) is 16.8. The molecule has 0 aliphatic carbocycles. The van der Waals surface area contributed by atoms with Crippen molar-refractivity contribution in [1.82, 2.24) is 4.57 Å². The second-order valence-corrected chi connectivity index (χ2v) is 16.0. The van der Waals surface area contributed by atoms with Crippen LogP contribution in [0.4, 0.5) is 17.1 Å². The summed E-state index contributed by atoms with van der Waals surface area (Å²) in [6.07, 6.45) is 0. The van der Waals surface area contributed by atoms with Gasteiger partial charge in [0.1, 0.15) is 11.2 Å². The number of hydrogen-bond acceptors (Lipinski definition) is 2. The zero-order valence-electron chi connectivity index (χ0n) is 34.4. The SMILES string of the molecule is c1ccc(-c2ccc(N(c3ccc(-c4ccccc4-n4c5ccccc5c5ccccc54)cc3)c3ccccc3-c3cccc4c3oc3c(-c5ccccc5)cccc34)cc2)cc1. The van der Waals surface area contributed by atoms with Crippen LogP contribution in [0.3, 0.4) is 0 Å². The van der Waals surface area contributed by atoms with Gasteiger partial charge in [0.25, 0.3) is 0 Å². The van der Waals surface area contributed by atoms with Gasteiger partial charge < -0.3 is 13.9 Å². The van der Waals surface area contributed by atoms with Gasteiger partial charge >= 0.3 is 0 Å². The molecule has 0 N–H and O–H groups in total. The number of fused-ring (bicyclic) bond motifs is 6. The van der Waals surface area contributed by atoms with E-state index >= 15 is 0 Å². The molecule has 2 aromatic heterocycles. The summed E-state index contributed by atoms with van der Waals surface area (Å²) in [4.78, 5) is 2.38. The first-order chi connectivity index (χ1) is 31.3. The Bertz CT molecular complexity index is 3550. The summed E-state index contributed by atoms with van der Waals surface area (Å²) in [5.41, 5.74) is 17.5. The standard InChI is InChI=1S/C60H40N2O/c1-3-17-41(18-4-1)42-33-37-45(38-34-42)61(46-39-35-44(36-40-46)47-21-7-11-29-55(47)62-57-31-13-8-22-49(57)50-23-9-14-32-58(50)62)56-30-12-10-24-51(56)52-26-16-28-54-53-27-15-25-48(59(53)63-60(52)54)43-19-5-2-6-20-43/h1-40H. The average Bonchev–Trinajstić information content (AvgIpc) is 3.92. The molecular formula is C60H40N2O. The van der Waals surface area contributed by atoms with Crippen LogP contribution in [-0.2, 0) is 0 Å². The minimum Gasteiger partial charge on any atom is -0.455 e. The molecule has 0 radical (unpaired) electrons. The highest BCUT2D eigenvalue weighted by Crippen LogP contribution is 2.46. The highest BCUT2D eigenvalue weighted by molar-refractivity contribution is 6.14. The third kappa shape index (κ3) is 6.21. The molecule has 12 aromatic rings. The number of nitrogens with zero attached hydrogens (tertiary/aromatic N) is 2. The number of benzene rings is 10. The third-order valence-corrected chi connectivity index (χ3v) is 12.4. The number of para-hydroxylation sites is 6. The number of aromatic nitrogens is 1. The molecular weight excluding hydrogens is 765 g/mol. The number of anilines is 3. The Morgan fingerprint density at radius 1 is 0.286 bits per heavy atom. The molecule has 0 fully saturated rings. The van der Waals surface area contributed by atoms with Crippen LogP contribution >= 0.6 is 0 Å². The normalized spacial score (nSPS) is 11.5. The molecule has 296 valence electrons. The van der Waals surface area contributed by atoms with Crippen molar-refractivity contribution in [2.45, 2.75) is 0 Å². The Kier molecular flexibility index (Phi) is 8.83. The molecule has 10 aromatic carbocycles. The highest BCUT2D eigenvalue weighted by Gasteiger charge is 2.22. The van der Waals surface area contributed by atoms with E-state index in [1.54, 1.807) is 0 Å². The maximum absolute atomic E-state index is 6.97. The summed E-state index contributed by atoms with van der Waals surface area (Å²) < 4.78 is 9.38. The van der Waals surface area contributed by atoms with Crippen LogP contribution in [0.2, 0.25) is 0 Å². The van der Waals surface area contributed by atoms with E-state index in [0.717, 1.165) is 72.5 Å². The van der Waals surface area contributed by atoms with Crippen molar-refractivity contribution in [1.29, 1.82) is 0 Å². The molecule has 0 aliphatic rings. The fraction of sp³-hybridized carbons (Fsp3) is 0. The topological polar surface area (TPSA) is 21.3 Å². The van der Waals surface area contributed by atoms with Crippen LogP contribution in [0.1, 0.15) is 0 Å². The first-order valence-electron chi connectivity index (χ1n) is 21.5. The van der Waals surface area contributed by atoms with Gasteiger partial charge in [-0.3, -0.25) is 0 Å². The van der Waals surface area contributed by atoms with Crippen molar-refractivity contribution in [3.05, 3.63) is 243 Å². The summed E-state index contributed by atoms with van der Waals surface area (Å²) in [5, 5.41) is 4.71. The van der Waals surface area contributed by atoms with Gasteiger partial charge in [-0.25, -0.2) is 0 Å². The number of furan rings is 1. The molecule has 2 heterocycles. The fourth-order valence-corrected chi connectivity index (χ4v) is 9.52. The first kappa shape index (κ1) is 36.5. The van der Waals surface area contributed by atoms with E-state index in [0.29, 0.717) is 0 Å². The van der Waals surface area contributed by atoms with E-state index in [1.807, 2.05) is 0 Å². The van der Waals surface area contributed by atoms with Crippen molar-refractivity contribution in [3.8, 4) is 50.2 Å². The summed E-state index contributed by atoms with van der Waals surface area (Å²) in [7, 11) is 0. The molecule has 0 aliphatic heterocycles. The summed E-state index contributed by atoms with van der Waals surface area (Å²) in [6, 6.07) is 86.9. The quantitative estimate of drug-likeness (QED) is 0.153. The molecule has 63 heavy (non-hydrogen) atoms. The summed E-state index contributed by atoms with van der Waals surface area (Å²) in [6.45, 7) is 0.